The molecule has 0 atom stereocenters. The van der Waals surface area contributed by atoms with E-state index in [1.807, 2.05) is 11.3 Å². The monoisotopic (exact) mass is 261 g/mol. The van der Waals surface area contributed by atoms with Crippen LogP contribution in [0.5, 0.6) is 0 Å². The Kier molecular flexibility index (Phi) is 2.48. The highest BCUT2D eigenvalue weighted by Crippen LogP contribution is 2.38. The average molecular weight is 261 g/mol. The fourth-order valence-corrected chi connectivity index (χ4v) is 3.36. The summed E-state index contributed by atoms with van der Waals surface area (Å²) in [6, 6.07) is 2.23. The largest absolute Gasteiger partial charge is 0.338 e. The summed E-state index contributed by atoms with van der Waals surface area (Å²) in [4.78, 5) is 8.42. The maximum Gasteiger partial charge on any atom is 0.240 e. The van der Waals surface area contributed by atoms with Gasteiger partial charge in [-0.1, -0.05) is 5.16 Å². The molecule has 0 unspecified atom stereocenters. The van der Waals surface area contributed by atoms with Gasteiger partial charge in [0.2, 0.25) is 5.89 Å². The number of hydrogen-bond donors (Lipinski definition) is 0. The molecule has 5 heteroatoms. The summed E-state index contributed by atoms with van der Waals surface area (Å²) in [6.07, 6.45) is 3.60. The highest BCUT2D eigenvalue weighted by molar-refractivity contribution is 7.10. The molecule has 0 bridgehead atoms. The minimum absolute atomic E-state index is 0.576. The molecule has 2 aromatic heterocycles. The molecule has 4 rings (SSSR count). The Bertz CT molecular complexity index is 558. The van der Waals surface area contributed by atoms with Crippen LogP contribution < -0.4 is 0 Å². The van der Waals surface area contributed by atoms with Gasteiger partial charge >= 0.3 is 0 Å². The molecule has 1 aliphatic carbocycles. The molecule has 0 spiro atoms. The molecule has 0 radical (unpaired) electrons. The number of rotatable bonds is 3. The topological polar surface area (TPSA) is 42.2 Å². The van der Waals surface area contributed by atoms with Crippen LogP contribution in [-0.2, 0) is 19.5 Å². The van der Waals surface area contributed by atoms with Gasteiger partial charge in [0.25, 0.3) is 0 Å². The predicted octanol–water partition coefficient (Wildman–Crippen LogP) is 2.57. The van der Waals surface area contributed by atoms with Gasteiger partial charge in [0.05, 0.1) is 6.54 Å². The van der Waals surface area contributed by atoms with Crippen molar-refractivity contribution in [2.24, 2.45) is 0 Å². The second-order valence-corrected chi connectivity index (χ2v) is 6.15. The van der Waals surface area contributed by atoms with Gasteiger partial charge < -0.3 is 4.52 Å². The Morgan fingerprint density at radius 1 is 1.44 bits per heavy atom. The zero-order valence-corrected chi connectivity index (χ0v) is 10.9. The van der Waals surface area contributed by atoms with Crippen LogP contribution >= 0.6 is 11.3 Å². The molecular weight excluding hydrogens is 246 g/mol. The van der Waals surface area contributed by atoms with Gasteiger partial charge in [-0.15, -0.1) is 11.3 Å². The van der Waals surface area contributed by atoms with Gasteiger partial charge in [-0.3, -0.25) is 4.90 Å². The molecule has 2 aromatic rings. The lowest BCUT2D eigenvalue weighted by Crippen LogP contribution is -2.29. The molecule has 94 valence electrons. The summed E-state index contributed by atoms with van der Waals surface area (Å²) < 4.78 is 5.34. The Hall–Kier alpha value is -1.20. The van der Waals surface area contributed by atoms with Crippen LogP contribution in [-0.4, -0.2) is 21.6 Å². The van der Waals surface area contributed by atoms with Crippen molar-refractivity contribution in [1.29, 1.82) is 0 Å². The lowest BCUT2D eigenvalue weighted by molar-refractivity contribution is 0.212. The zero-order chi connectivity index (χ0) is 11.9. The predicted molar refractivity (Wildman–Crippen MR) is 68.4 cm³/mol. The lowest BCUT2D eigenvalue weighted by Gasteiger charge is -2.24. The number of thiophene rings is 1. The Morgan fingerprint density at radius 3 is 3.28 bits per heavy atom. The first-order chi connectivity index (χ1) is 8.88. The van der Waals surface area contributed by atoms with E-state index in [1.165, 1.54) is 23.3 Å². The van der Waals surface area contributed by atoms with Crippen molar-refractivity contribution in [3.05, 3.63) is 33.6 Å². The maximum atomic E-state index is 5.34. The minimum Gasteiger partial charge on any atom is -0.338 e. The van der Waals surface area contributed by atoms with Gasteiger partial charge in [-0.05, 0) is 36.3 Å². The van der Waals surface area contributed by atoms with E-state index in [0.29, 0.717) is 5.92 Å². The first-order valence-corrected chi connectivity index (χ1v) is 7.36. The van der Waals surface area contributed by atoms with Gasteiger partial charge in [0, 0.05) is 23.9 Å². The summed E-state index contributed by atoms with van der Waals surface area (Å²) in [5.41, 5.74) is 1.47. The molecule has 1 fully saturated rings. The van der Waals surface area contributed by atoms with Crippen molar-refractivity contribution in [1.82, 2.24) is 15.0 Å². The summed E-state index contributed by atoms with van der Waals surface area (Å²) in [6.45, 7) is 2.89. The van der Waals surface area contributed by atoms with E-state index in [4.69, 9.17) is 4.52 Å². The fourth-order valence-electron chi connectivity index (χ4n) is 2.47. The quantitative estimate of drug-likeness (QED) is 0.851. The highest BCUT2D eigenvalue weighted by Gasteiger charge is 2.29. The third kappa shape index (κ3) is 1.97. The number of hydrogen-bond acceptors (Lipinski definition) is 5. The number of fused-ring (bicyclic) bond motifs is 1. The third-order valence-electron chi connectivity index (χ3n) is 3.67. The molecule has 0 N–H and O–H groups in total. The summed E-state index contributed by atoms with van der Waals surface area (Å²) >= 11 is 1.87. The minimum atomic E-state index is 0.576. The standard InChI is InChI=1S/C13H15N3OS/c1-2-9(1)13-14-12(17-15-13)8-16-5-3-11-10(7-16)4-6-18-11/h4,6,9H,1-3,5,7-8H2. The Balaban J connectivity index is 1.45. The van der Waals surface area contributed by atoms with Gasteiger partial charge in [0.1, 0.15) is 0 Å². The molecule has 0 saturated heterocycles. The van der Waals surface area contributed by atoms with Crippen molar-refractivity contribution in [3.63, 3.8) is 0 Å². The van der Waals surface area contributed by atoms with Gasteiger partial charge in [-0.25, -0.2) is 0 Å². The van der Waals surface area contributed by atoms with Crippen LogP contribution in [0.4, 0.5) is 0 Å². The summed E-state index contributed by atoms with van der Waals surface area (Å²) in [5, 5.41) is 6.25. The van der Waals surface area contributed by atoms with Crippen LogP contribution in [0.25, 0.3) is 0 Å². The average Bonchev–Trinajstić information content (AvgIpc) is 2.95. The van der Waals surface area contributed by atoms with Crippen LogP contribution in [0.3, 0.4) is 0 Å². The maximum absolute atomic E-state index is 5.34. The van der Waals surface area contributed by atoms with E-state index in [1.54, 1.807) is 0 Å². The van der Waals surface area contributed by atoms with Crippen molar-refractivity contribution >= 4 is 11.3 Å². The van der Waals surface area contributed by atoms with E-state index in [9.17, 15) is 0 Å². The molecule has 0 amide bonds. The van der Waals surface area contributed by atoms with Crippen LogP contribution in [0.1, 0.15) is 40.9 Å². The first kappa shape index (κ1) is 10.7. The normalized spacial score (nSPS) is 20.0. The highest BCUT2D eigenvalue weighted by atomic mass is 32.1. The van der Waals surface area contributed by atoms with E-state index in [0.717, 1.165) is 37.8 Å². The lowest BCUT2D eigenvalue weighted by atomic mass is 10.1. The molecule has 0 aromatic carbocycles. The number of nitrogens with zero attached hydrogens (tertiary/aromatic N) is 3. The first-order valence-electron chi connectivity index (χ1n) is 6.48. The third-order valence-corrected chi connectivity index (χ3v) is 4.69. The van der Waals surface area contributed by atoms with E-state index < -0.39 is 0 Å². The smallest absolute Gasteiger partial charge is 0.240 e. The molecule has 18 heavy (non-hydrogen) atoms. The molecule has 1 aliphatic heterocycles. The van der Waals surface area contributed by atoms with E-state index >= 15 is 0 Å². The molecular formula is C13H15N3OS. The van der Waals surface area contributed by atoms with Crippen molar-refractivity contribution in [2.75, 3.05) is 6.54 Å². The zero-order valence-electron chi connectivity index (χ0n) is 10.1. The van der Waals surface area contributed by atoms with Crippen LogP contribution in [0.2, 0.25) is 0 Å². The van der Waals surface area contributed by atoms with Crippen molar-refractivity contribution in [2.45, 2.75) is 38.3 Å². The van der Waals surface area contributed by atoms with E-state index in [2.05, 4.69) is 26.5 Å². The fraction of sp³-hybridized carbons (Fsp3) is 0.538. The van der Waals surface area contributed by atoms with Gasteiger partial charge in [0.15, 0.2) is 5.82 Å². The second kappa shape index (κ2) is 4.17. The second-order valence-electron chi connectivity index (χ2n) is 5.15. The van der Waals surface area contributed by atoms with Gasteiger partial charge in [-0.2, -0.15) is 4.98 Å². The van der Waals surface area contributed by atoms with Crippen molar-refractivity contribution < 1.29 is 4.52 Å². The van der Waals surface area contributed by atoms with Crippen LogP contribution in [0.15, 0.2) is 16.0 Å². The molecule has 1 saturated carbocycles. The number of aromatic nitrogens is 2. The van der Waals surface area contributed by atoms with Crippen molar-refractivity contribution in [3.8, 4) is 0 Å². The molecule has 3 heterocycles. The molecule has 4 nitrogen and oxygen atoms in total. The Labute approximate surface area is 110 Å². The summed E-state index contributed by atoms with van der Waals surface area (Å²) in [7, 11) is 0. The Morgan fingerprint density at radius 2 is 2.39 bits per heavy atom. The molecule has 2 aliphatic rings. The summed E-state index contributed by atoms with van der Waals surface area (Å²) in [5.74, 6) is 2.26. The van der Waals surface area contributed by atoms with E-state index in [-0.39, 0.29) is 0 Å². The SMILES string of the molecule is c1cc2c(s1)CCN(Cc1nc(C3CC3)no1)C2. The van der Waals surface area contributed by atoms with Crippen LogP contribution in [0, 0.1) is 0 Å².